The van der Waals surface area contributed by atoms with Crippen LogP contribution in [0.4, 0.5) is 0 Å². The Labute approximate surface area is 139 Å². The second-order valence-electron chi connectivity index (χ2n) is 6.62. The highest BCUT2D eigenvalue weighted by molar-refractivity contribution is 5.68. The van der Waals surface area contributed by atoms with Gasteiger partial charge in [-0.3, -0.25) is 0 Å². The smallest absolute Gasteiger partial charge is 0.119 e. The van der Waals surface area contributed by atoms with Crippen LogP contribution in [0.5, 0.6) is 0 Å². The van der Waals surface area contributed by atoms with Crippen LogP contribution in [-0.2, 0) is 6.54 Å². The highest BCUT2D eigenvalue weighted by Crippen LogP contribution is 2.28. The molecule has 0 amide bonds. The Hall–Kier alpha value is -0.810. The molecule has 3 heteroatoms. The molecular weight excluding hydrogens is 359 g/mol. The predicted octanol–water partition coefficient (Wildman–Crippen LogP) is 0.817. The molecule has 1 aromatic carbocycles. The molecule has 2 nitrogen and oxygen atoms in total. The maximum Gasteiger partial charge on any atom is 0.119 e. The summed E-state index contributed by atoms with van der Waals surface area (Å²) in [6, 6.07) is 8.92. The first-order chi connectivity index (χ1) is 8.76. The van der Waals surface area contributed by atoms with E-state index >= 15 is 0 Å². The fourth-order valence-corrected chi connectivity index (χ4v) is 2.79. The van der Waals surface area contributed by atoms with Crippen LogP contribution in [0.2, 0.25) is 0 Å². The summed E-state index contributed by atoms with van der Waals surface area (Å²) >= 11 is 0. The van der Waals surface area contributed by atoms with Gasteiger partial charge in [0.2, 0.25) is 0 Å². The molecule has 0 aliphatic carbocycles. The fraction of sp³-hybridized carbons (Fsp3) is 0.412. The summed E-state index contributed by atoms with van der Waals surface area (Å²) in [7, 11) is 6.63. The van der Waals surface area contributed by atoms with Gasteiger partial charge in [-0.05, 0) is 44.0 Å². The molecule has 1 N–H and O–H groups in total. The monoisotopic (exact) mass is 384 g/mol. The van der Waals surface area contributed by atoms with E-state index in [1.165, 1.54) is 33.6 Å². The topological polar surface area (TPSA) is 15.8 Å². The quantitative estimate of drug-likeness (QED) is 0.596. The minimum atomic E-state index is 0. The molecule has 0 unspecified atom stereocenters. The summed E-state index contributed by atoms with van der Waals surface area (Å²) in [6.07, 6.45) is 0. The average molecular weight is 384 g/mol. The lowest BCUT2D eigenvalue weighted by atomic mass is 9.98. The van der Waals surface area contributed by atoms with Crippen molar-refractivity contribution in [1.82, 2.24) is 4.98 Å². The van der Waals surface area contributed by atoms with Crippen LogP contribution in [0, 0.1) is 20.8 Å². The van der Waals surface area contributed by atoms with Crippen molar-refractivity contribution < 1.29 is 28.5 Å². The molecule has 0 radical (unpaired) electrons. The van der Waals surface area contributed by atoms with Crippen molar-refractivity contribution in [2.45, 2.75) is 27.3 Å². The van der Waals surface area contributed by atoms with Crippen molar-refractivity contribution in [3.8, 4) is 11.3 Å². The summed E-state index contributed by atoms with van der Waals surface area (Å²) in [4.78, 5) is 3.57. The molecule has 0 aliphatic rings. The first-order valence-electron chi connectivity index (χ1n) is 6.83. The second kappa shape index (κ2) is 6.31. The minimum absolute atomic E-state index is 0. The van der Waals surface area contributed by atoms with Gasteiger partial charge >= 0.3 is 0 Å². The van der Waals surface area contributed by atoms with Gasteiger partial charge in [-0.1, -0.05) is 17.7 Å². The van der Waals surface area contributed by atoms with Gasteiger partial charge in [0.15, 0.2) is 0 Å². The van der Waals surface area contributed by atoms with Crippen LogP contribution in [0.25, 0.3) is 11.3 Å². The van der Waals surface area contributed by atoms with Crippen LogP contribution in [0.3, 0.4) is 0 Å². The molecule has 0 fully saturated rings. The zero-order valence-electron chi connectivity index (χ0n) is 13.3. The standard InChI is InChI=1S/C17H25N2.HI/c1-12-9-13(2)17(14(3)10-12)16-8-7-15(18-16)11-19(4,5)6;/h7-10,18H,11H2,1-6H3;1H/q+1;/p-1. The molecule has 2 rings (SSSR count). The molecule has 0 spiro atoms. The third-order valence-electron chi connectivity index (χ3n) is 3.34. The second-order valence-corrected chi connectivity index (χ2v) is 6.62. The van der Waals surface area contributed by atoms with E-state index in [0.29, 0.717) is 0 Å². The number of nitrogens with zero attached hydrogens (tertiary/aromatic N) is 1. The number of quaternary nitrogens is 1. The number of hydrogen-bond acceptors (Lipinski definition) is 0. The van der Waals surface area contributed by atoms with Crippen LogP contribution in [0.1, 0.15) is 22.4 Å². The summed E-state index contributed by atoms with van der Waals surface area (Å²) in [5, 5.41) is 0. The minimum Gasteiger partial charge on any atom is -1.00 e. The summed E-state index contributed by atoms with van der Waals surface area (Å²) in [5.74, 6) is 0. The van der Waals surface area contributed by atoms with Crippen LogP contribution >= 0.6 is 0 Å². The number of H-pyrrole nitrogens is 1. The first kappa shape index (κ1) is 17.2. The third kappa shape index (κ3) is 4.09. The molecule has 0 aliphatic heterocycles. The van der Waals surface area contributed by atoms with E-state index in [0.717, 1.165) is 11.0 Å². The van der Waals surface area contributed by atoms with Gasteiger partial charge in [0.05, 0.1) is 26.8 Å². The van der Waals surface area contributed by atoms with E-state index in [9.17, 15) is 0 Å². The van der Waals surface area contributed by atoms with E-state index in [1.807, 2.05) is 0 Å². The van der Waals surface area contributed by atoms with Gasteiger partial charge in [0, 0.05) is 11.3 Å². The molecule has 2 aromatic rings. The number of rotatable bonds is 3. The zero-order chi connectivity index (χ0) is 14.2. The van der Waals surface area contributed by atoms with E-state index in [4.69, 9.17) is 0 Å². The number of aromatic amines is 1. The van der Waals surface area contributed by atoms with Crippen molar-refractivity contribution in [3.63, 3.8) is 0 Å². The molecule has 0 atom stereocenters. The van der Waals surface area contributed by atoms with Gasteiger partial charge in [-0.15, -0.1) is 0 Å². The lowest BCUT2D eigenvalue weighted by Crippen LogP contribution is -3.00. The zero-order valence-corrected chi connectivity index (χ0v) is 15.5. The van der Waals surface area contributed by atoms with E-state index in [-0.39, 0.29) is 24.0 Å². The van der Waals surface area contributed by atoms with Gasteiger partial charge in [-0.25, -0.2) is 0 Å². The number of aromatic nitrogens is 1. The SMILES string of the molecule is Cc1cc(C)c(-c2ccc(C[N+](C)(C)C)[nH]2)c(C)c1.[I-]. The Morgan fingerprint density at radius 3 is 2.00 bits per heavy atom. The predicted molar refractivity (Wildman–Crippen MR) is 82.2 cm³/mol. The summed E-state index contributed by atoms with van der Waals surface area (Å²) in [6.45, 7) is 7.55. The maximum absolute atomic E-state index is 3.57. The molecule has 1 aromatic heterocycles. The van der Waals surface area contributed by atoms with E-state index in [2.05, 4.69) is 71.2 Å². The van der Waals surface area contributed by atoms with Crippen molar-refractivity contribution in [1.29, 1.82) is 0 Å². The van der Waals surface area contributed by atoms with Crippen molar-refractivity contribution in [3.05, 3.63) is 46.6 Å². The van der Waals surface area contributed by atoms with Crippen LogP contribution < -0.4 is 24.0 Å². The normalized spacial score (nSPS) is 11.3. The molecule has 1 heterocycles. The summed E-state index contributed by atoms with van der Waals surface area (Å²) in [5.41, 5.74) is 7.89. The van der Waals surface area contributed by atoms with Crippen molar-refractivity contribution in [2.75, 3.05) is 21.1 Å². The van der Waals surface area contributed by atoms with Gasteiger partial charge in [0.25, 0.3) is 0 Å². The Kier molecular flexibility index (Phi) is 5.44. The van der Waals surface area contributed by atoms with Crippen LogP contribution in [0.15, 0.2) is 24.3 Å². The first-order valence-corrected chi connectivity index (χ1v) is 6.83. The molecular formula is C17H25IN2. The highest BCUT2D eigenvalue weighted by Gasteiger charge is 2.13. The summed E-state index contributed by atoms with van der Waals surface area (Å²) < 4.78 is 0.936. The van der Waals surface area contributed by atoms with E-state index < -0.39 is 0 Å². The van der Waals surface area contributed by atoms with Crippen molar-refractivity contribution in [2.24, 2.45) is 0 Å². The number of halogens is 1. The fourth-order valence-electron chi connectivity index (χ4n) is 2.79. The molecule has 110 valence electrons. The molecule has 0 saturated heterocycles. The number of hydrogen-bond donors (Lipinski definition) is 1. The third-order valence-corrected chi connectivity index (χ3v) is 3.34. The van der Waals surface area contributed by atoms with Gasteiger partial charge in [-0.2, -0.15) is 0 Å². The number of benzene rings is 1. The molecule has 0 bridgehead atoms. The Morgan fingerprint density at radius 2 is 1.50 bits per heavy atom. The van der Waals surface area contributed by atoms with Gasteiger partial charge < -0.3 is 33.4 Å². The van der Waals surface area contributed by atoms with Crippen molar-refractivity contribution >= 4 is 0 Å². The Bertz CT molecular complexity index is 568. The lowest BCUT2D eigenvalue weighted by molar-refractivity contribution is -0.884. The Balaban J connectivity index is 0.00000200. The maximum atomic E-state index is 3.57. The molecule has 0 saturated carbocycles. The number of nitrogens with one attached hydrogen (secondary N) is 1. The lowest BCUT2D eigenvalue weighted by Gasteiger charge is -2.23. The van der Waals surface area contributed by atoms with Gasteiger partial charge in [0.1, 0.15) is 6.54 Å². The Morgan fingerprint density at radius 1 is 0.950 bits per heavy atom. The van der Waals surface area contributed by atoms with E-state index in [1.54, 1.807) is 0 Å². The average Bonchev–Trinajstić information content (AvgIpc) is 2.61. The van der Waals surface area contributed by atoms with Crippen LogP contribution in [-0.4, -0.2) is 30.6 Å². The number of aryl methyl sites for hydroxylation is 3. The highest BCUT2D eigenvalue weighted by atomic mass is 127. The molecule has 20 heavy (non-hydrogen) atoms. The largest absolute Gasteiger partial charge is 1.00 e.